The predicted octanol–water partition coefficient (Wildman–Crippen LogP) is 8.75. The Hall–Kier alpha value is -0.773. The molecular formula is C34H74N2O5Si. The lowest BCUT2D eigenvalue weighted by Crippen LogP contribution is -2.42. The van der Waals surface area contributed by atoms with Gasteiger partial charge in [-0.1, -0.05) is 86.6 Å². The maximum atomic E-state index is 11.1. The van der Waals surface area contributed by atoms with Crippen LogP contribution >= 0.6 is 0 Å². The van der Waals surface area contributed by atoms with Gasteiger partial charge in [0.1, 0.15) is 0 Å². The fourth-order valence-corrected chi connectivity index (χ4v) is 5.78. The Balaban J connectivity index is -0.000000548. The van der Waals surface area contributed by atoms with E-state index in [1.54, 1.807) is 28.3 Å². The van der Waals surface area contributed by atoms with Crippen molar-refractivity contribution in [3.8, 4) is 0 Å². The fraction of sp³-hybridized carbons (Fsp3) is 0.912. The van der Waals surface area contributed by atoms with Crippen LogP contribution in [0.3, 0.4) is 0 Å². The van der Waals surface area contributed by atoms with E-state index in [9.17, 15) is 4.79 Å². The lowest BCUT2D eigenvalue weighted by Gasteiger charge is -2.24. The zero-order valence-corrected chi connectivity index (χ0v) is 31.0. The van der Waals surface area contributed by atoms with Crippen molar-refractivity contribution < 1.29 is 22.8 Å². The van der Waals surface area contributed by atoms with E-state index in [0.29, 0.717) is 24.6 Å². The van der Waals surface area contributed by atoms with Gasteiger partial charge in [0.25, 0.3) is 0 Å². The van der Waals surface area contributed by atoms with E-state index >= 15 is 0 Å². The first-order valence-corrected chi connectivity index (χ1v) is 19.1. The van der Waals surface area contributed by atoms with Crippen molar-refractivity contribution in [1.29, 1.82) is 0 Å². The van der Waals surface area contributed by atoms with Crippen LogP contribution in [0.5, 0.6) is 0 Å². The van der Waals surface area contributed by atoms with Gasteiger partial charge in [-0.15, -0.1) is 0 Å². The highest BCUT2D eigenvalue weighted by Crippen LogP contribution is 2.15. The van der Waals surface area contributed by atoms with Gasteiger partial charge in [0.15, 0.2) is 0 Å². The van der Waals surface area contributed by atoms with E-state index < -0.39 is 8.80 Å². The van der Waals surface area contributed by atoms with Crippen molar-refractivity contribution in [2.75, 3.05) is 67.2 Å². The molecule has 0 aromatic rings. The minimum Gasteiger partial charge on any atom is -0.462 e. The average molecular weight is 619 g/mol. The van der Waals surface area contributed by atoms with Crippen LogP contribution in [0.15, 0.2) is 12.2 Å². The second-order valence-electron chi connectivity index (χ2n) is 11.1. The van der Waals surface area contributed by atoms with Crippen LogP contribution in [0.4, 0.5) is 0 Å². The van der Waals surface area contributed by atoms with E-state index in [4.69, 9.17) is 18.0 Å². The van der Waals surface area contributed by atoms with E-state index in [1.165, 1.54) is 116 Å². The van der Waals surface area contributed by atoms with E-state index in [1.807, 2.05) is 0 Å². The largest absolute Gasteiger partial charge is 0.500 e. The molecular weight excluding hydrogens is 544 g/mol. The quantitative estimate of drug-likeness (QED) is 0.0416. The van der Waals surface area contributed by atoms with Gasteiger partial charge in [0.2, 0.25) is 0 Å². The third-order valence-electron chi connectivity index (χ3n) is 7.11. The second kappa shape index (κ2) is 34.7. The van der Waals surface area contributed by atoms with Gasteiger partial charge in [-0.2, -0.15) is 0 Å². The number of nitrogens with zero attached hydrogens (tertiary/aromatic N) is 2. The summed E-state index contributed by atoms with van der Waals surface area (Å²) in [6.07, 6.45) is 16.8. The number of rotatable bonds is 26. The zero-order valence-electron chi connectivity index (χ0n) is 30.0. The van der Waals surface area contributed by atoms with Crippen LogP contribution in [0.2, 0.25) is 6.04 Å². The molecule has 0 amide bonds. The molecule has 42 heavy (non-hydrogen) atoms. The van der Waals surface area contributed by atoms with Crippen molar-refractivity contribution in [2.45, 2.75) is 138 Å². The molecule has 0 heterocycles. The highest BCUT2D eigenvalue weighted by molar-refractivity contribution is 6.60. The highest BCUT2D eigenvalue weighted by Gasteiger charge is 2.37. The summed E-state index contributed by atoms with van der Waals surface area (Å²) < 4.78 is 20.6. The Morgan fingerprint density at radius 1 is 0.571 bits per heavy atom. The van der Waals surface area contributed by atoms with Crippen molar-refractivity contribution in [3.63, 3.8) is 0 Å². The van der Waals surface area contributed by atoms with Crippen molar-refractivity contribution >= 4 is 14.8 Å². The van der Waals surface area contributed by atoms with Crippen LogP contribution in [0.1, 0.15) is 132 Å². The molecule has 0 aliphatic rings. The molecule has 0 N–H and O–H groups in total. The lowest BCUT2D eigenvalue weighted by atomic mass is 10.2. The Morgan fingerprint density at radius 2 is 0.857 bits per heavy atom. The number of esters is 1. The molecule has 0 bridgehead atoms. The molecule has 0 radical (unpaired) electrons. The van der Waals surface area contributed by atoms with Crippen molar-refractivity contribution in [1.82, 2.24) is 9.80 Å². The molecule has 0 aliphatic heterocycles. The molecule has 0 unspecified atom stereocenters. The van der Waals surface area contributed by atoms with Gasteiger partial charge in [-0.05, 0) is 91.1 Å². The summed E-state index contributed by atoms with van der Waals surface area (Å²) in [6, 6.07) is 0.611. The molecule has 0 aliphatic carbocycles. The molecule has 254 valence electrons. The minimum absolute atomic E-state index is 0.316. The molecule has 0 atom stereocenters. The minimum atomic E-state index is -2.53. The average Bonchev–Trinajstić information content (AvgIpc) is 3.01. The Morgan fingerprint density at radius 3 is 1.07 bits per heavy atom. The third kappa shape index (κ3) is 29.3. The fourth-order valence-electron chi connectivity index (χ4n) is 4.09. The van der Waals surface area contributed by atoms with Gasteiger partial charge >= 0.3 is 14.8 Å². The zero-order chi connectivity index (χ0) is 32.5. The Labute approximate surface area is 264 Å². The number of carbonyl (C=O) groups is 1. The number of unbranched alkanes of at least 4 members (excludes halogenated alkanes) is 6. The summed E-state index contributed by atoms with van der Waals surface area (Å²) >= 11 is 0. The van der Waals surface area contributed by atoms with Gasteiger partial charge in [0, 0.05) is 32.9 Å². The number of hydrogen-bond acceptors (Lipinski definition) is 7. The van der Waals surface area contributed by atoms with Gasteiger partial charge in [-0.3, -0.25) is 0 Å². The summed E-state index contributed by atoms with van der Waals surface area (Å²) in [6.45, 7) is 27.0. The smallest absolute Gasteiger partial charge is 0.462 e. The molecule has 0 aromatic heterocycles. The molecule has 0 saturated carbocycles. The van der Waals surface area contributed by atoms with Crippen LogP contribution < -0.4 is 0 Å². The summed E-state index contributed by atoms with van der Waals surface area (Å²) in [5, 5.41) is 0. The molecule has 0 fully saturated rings. The maximum Gasteiger partial charge on any atom is 0.500 e. The first-order chi connectivity index (χ1) is 20.2. The predicted molar refractivity (Wildman–Crippen MR) is 184 cm³/mol. The summed E-state index contributed by atoms with van der Waals surface area (Å²) in [7, 11) is 2.13. The van der Waals surface area contributed by atoms with Crippen LogP contribution in [0.25, 0.3) is 0 Å². The van der Waals surface area contributed by atoms with E-state index in [2.05, 4.69) is 57.9 Å². The summed E-state index contributed by atoms with van der Waals surface area (Å²) in [5.41, 5.74) is 0.397. The van der Waals surface area contributed by atoms with Gasteiger partial charge in [-0.25, -0.2) is 4.79 Å². The maximum absolute atomic E-state index is 11.1. The molecule has 0 spiro atoms. The van der Waals surface area contributed by atoms with E-state index in [-0.39, 0.29) is 5.97 Å². The van der Waals surface area contributed by atoms with Crippen molar-refractivity contribution in [3.05, 3.63) is 12.2 Å². The molecule has 8 heteroatoms. The normalized spacial score (nSPS) is 11.1. The Bertz CT molecular complexity index is 506. The summed E-state index contributed by atoms with van der Waals surface area (Å²) in [5.74, 6) is -0.375. The topological polar surface area (TPSA) is 60.5 Å². The van der Waals surface area contributed by atoms with Crippen LogP contribution in [-0.2, 0) is 22.8 Å². The van der Waals surface area contributed by atoms with Crippen LogP contribution in [-0.4, -0.2) is 91.8 Å². The molecule has 0 saturated heterocycles. The lowest BCUT2D eigenvalue weighted by molar-refractivity contribution is -0.139. The molecule has 0 aromatic carbocycles. The highest BCUT2D eigenvalue weighted by atomic mass is 28.4. The number of carbonyl (C=O) groups excluding carboxylic acids is 1. The second-order valence-corrected chi connectivity index (χ2v) is 14.2. The standard InChI is InChI=1S/2C12H27N.C10H20O5Si/c2*1-4-7-10-13(11-8-5-2)12-9-6-3;1-9(2)10(11)15-7-6-8-16(12-3,13-4)14-5/h2*4-12H2,1-3H3;1,6-8H2,2-5H3. The molecule has 7 nitrogen and oxygen atoms in total. The first kappa shape index (κ1) is 45.7. The molecule has 0 rings (SSSR count). The van der Waals surface area contributed by atoms with Gasteiger partial charge < -0.3 is 27.8 Å². The number of ether oxygens (including phenoxy) is 1. The van der Waals surface area contributed by atoms with E-state index in [0.717, 1.165) is 0 Å². The van der Waals surface area contributed by atoms with Gasteiger partial charge in [0.05, 0.1) is 6.61 Å². The Kier molecular flexibility index (Phi) is 37.7. The monoisotopic (exact) mass is 619 g/mol. The summed E-state index contributed by atoms with van der Waals surface area (Å²) in [4.78, 5) is 16.3. The SMILES string of the molecule is C=C(C)C(=O)OCCC[Si](OC)(OC)OC.CCCCN(CCCC)CCCC.CCCCN(CCCC)CCCC. The van der Waals surface area contributed by atoms with Crippen LogP contribution in [0, 0.1) is 0 Å². The third-order valence-corrected chi connectivity index (χ3v) is 9.94. The first-order valence-electron chi connectivity index (χ1n) is 17.1. The number of hydrogen-bond donors (Lipinski definition) is 0. The van der Waals surface area contributed by atoms with Crippen molar-refractivity contribution in [2.24, 2.45) is 0 Å².